The zero-order chi connectivity index (χ0) is 15.3. The predicted octanol–water partition coefficient (Wildman–Crippen LogP) is 1.96. The Bertz CT molecular complexity index is 327. The van der Waals surface area contributed by atoms with E-state index in [1.807, 2.05) is 0 Å². The van der Waals surface area contributed by atoms with Crippen LogP contribution in [0, 0.1) is 11.3 Å². The zero-order valence-electron chi connectivity index (χ0n) is 14.2. The van der Waals surface area contributed by atoms with Crippen LogP contribution in [-0.4, -0.2) is 61.5 Å². The SMILES string of the molecule is CCN(CC)CC1CCN(C(=O)C2(CC)CCNC2)CC1. The number of carbonyl (C=O) groups excluding carboxylic acids is 1. The Morgan fingerprint density at radius 3 is 2.38 bits per heavy atom. The van der Waals surface area contributed by atoms with Crippen molar-refractivity contribution in [1.82, 2.24) is 15.1 Å². The third kappa shape index (κ3) is 3.78. The van der Waals surface area contributed by atoms with Crippen LogP contribution < -0.4 is 5.32 Å². The van der Waals surface area contributed by atoms with Crippen molar-refractivity contribution < 1.29 is 4.79 Å². The van der Waals surface area contributed by atoms with Gasteiger partial charge < -0.3 is 15.1 Å². The van der Waals surface area contributed by atoms with Gasteiger partial charge in [0.05, 0.1) is 5.41 Å². The van der Waals surface area contributed by atoms with Crippen molar-refractivity contribution in [3.8, 4) is 0 Å². The first-order valence-electron chi connectivity index (χ1n) is 8.87. The van der Waals surface area contributed by atoms with Crippen molar-refractivity contribution in [3.05, 3.63) is 0 Å². The van der Waals surface area contributed by atoms with Crippen LogP contribution in [-0.2, 0) is 4.79 Å². The summed E-state index contributed by atoms with van der Waals surface area (Å²) in [7, 11) is 0. The summed E-state index contributed by atoms with van der Waals surface area (Å²) in [5.41, 5.74) is -0.105. The number of amides is 1. The van der Waals surface area contributed by atoms with Gasteiger partial charge in [0.25, 0.3) is 0 Å². The Kier molecular flexibility index (Phi) is 6.06. The second-order valence-electron chi connectivity index (χ2n) is 6.78. The lowest BCUT2D eigenvalue weighted by Gasteiger charge is -2.39. The van der Waals surface area contributed by atoms with E-state index in [4.69, 9.17) is 0 Å². The molecule has 1 amide bonds. The highest BCUT2D eigenvalue weighted by molar-refractivity contribution is 5.83. The molecule has 122 valence electrons. The van der Waals surface area contributed by atoms with E-state index >= 15 is 0 Å². The van der Waals surface area contributed by atoms with Crippen LogP contribution in [0.3, 0.4) is 0 Å². The minimum atomic E-state index is -0.105. The van der Waals surface area contributed by atoms with Crippen molar-refractivity contribution >= 4 is 5.91 Å². The highest BCUT2D eigenvalue weighted by Crippen LogP contribution is 2.33. The fourth-order valence-electron chi connectivity index (χ4n) is 3.88. The molecule has 0 radical (unpaired) electrons. The van der Waals surface area contributed by atoms with Crippen molar-refractivity contribution in [2.75, 3.05) is 45.8 Å². The van der Waals surface area contributed by atoms with E-state index in [1.54, 1.807) is 0 Å². The van der Waals surface area contributed by atoms with E-state index in [1.165, 1.54) is 19.4 Å². The smallest absolute Gasteiger partial charge is 0.230 e. The summed E-state index contributed by atoms with van der Waals surface area (Å²) in [6.45, 7) is 13.9. The third-order valence-corrected chi connectivity index (χ3v) is 5.69. The second kappa shape index (κ2) is 7.59. The monoisotopic (exact) mass is 295 g/mol. The molecule has 1 atom stereocenters. The number of piperidine rings is 1. The van der Waals surface area contributed by atoms with E-state index in [0.717, 1.165) is 58.0 Å². The van der Waals surface area contributed by atoms with Gasteiger partial charge in [-0.25, -0.2) is 0 Å². The first-order chi connectivity index (χ1) is 10.1. The average Bonchev–Trinajstić information content (AvgIpc) is 3.02. The third-order valence-electron chi connectivity index (χ3n) is 5.69. The summed E-state index contributed by atoms with van der Waals surface area (Å²) in [6.07, 6.45) is 4.34. The molecule has 1 unspecified atom stereocenters. The fraction of sp³-hybridized carbons (Fsp3) is 0.941. The van der Waals surface area contributed by atoms with Crippen LogP contribution in [0.15, 0.2) is 0 Å². The fourth-order valence-corrected chi connectivity index (χ4v) is 3.88. The van der Waals surface area contributed by atoms with Gasteiger partial charge in [0.2, 0.25) is 5.91 Å². The predicted molar refractivity (Wildman–Crippen MR) is 87.3 cm³/mol. The molecule has 0 aromatic heterocycles. The minimum absolute atomic E-state index is 0.105. The molecule has 0 aromatic rings. The number of likely N-dealkylation sites (tertiary alicyclic amines) is 1. The van der Waals surface area contributed by atoms with Crippen LogP contribution >= 0.6 is 0 Å². The van der Waals surface area contributed by atoms with Crippen LogP contribution in [0.4, 0.5) is 0 Å². The molecule has 21 heavy (non-hydrogen) atoms. The Hall–Kier alpha value is -0.610. The largest absolute Gasteiger partial charge is 0.342 e. The molecule has 2 aliphatic heterocycles. The lowest BCUT2D eigenvalue weighted by molar-refractivity contribution is -0.143. The highest BCUT2D eigenvalue weighted by atomic mass is 16.2. The first kappa shape index (κ1) is 16.8. The van der Waals surface area contributed by atoms with Crippen molar-refractivity contribution in [3.63, 3.8) is 0 Å². The van der Waals surface area contributed by atoms with E-state index in [-0.39, 0.29) is 5.41 Å². The van der Waals surface area contributed by atoms with Gasteiger partial charge >= 0.3 is 0 Å². The van der Waals surface area contributed by atoms with Gasteiger partial charge in [-0.2, -0.15) is 0 Å². The molecule has 2 rings (SSSR count). The second-order valence-corrected chi connectivity index (χ2v) is 6.78. The molecule has 2 fully saturated rings. The van der Waals surface area contributed by atoms with Gasteiger partial charge in [0, 0.05) is 26.2 Å². The van der Waals surface area contributed by atoms with E-state index in [9.17, 15) is 4.79 Å². The normalized spacial score (nSPS) is 27.5. The van der Waals surface area contributed by atoms with Crippen LogP contribution in [0.1, 0.15) is 46.5 Å². The summed E-state index contributed by atoms with van der Waals surface area (Å²) < 4.78 is 0. The van der Waals surface area contributed by atoms with Gasteiger partial charge in [0.1, 0.15) is 0 Å². The molecule has 0 saturated carbocycles. The lowest BCUT2D eigenvalue weighted by atomic mass is 9.82. The first-order valence-corrected chi connectivity index (χ1v) is 8.87. The molecule has 1 N–H and O–H groups in total. The quantitative estimate of drug-likeness (QED) is 0.813. The van der Waals surface area contributed by atoms with Gasteiger partial charge in [-0.1, -0.05) is 20.8 Å². The maximum absolute atomic E-state index is 12.9. The van der Waals surface area contributed by atoms with Crippen LogP contribution in [0.2, 0.25) is 0 Å². The number of carbonyl (C=O) groups is 1. The minimum Gasteiger partial charge on any atom is -0.342 e. The number of nitrogens with one attached hydrogen (secondary N) is 1. The molecule has 2 heterocycles. The maximum atomic E-state index is 12.9. The molecular formula is C17H33N3O. The summed E-state index contributed by atoms with van der Waals surface area (Å²) >= 11 is 0. The number of hydrogen-bond acceptors (Lipinski definition) is 3. The van der Waals surface area contributed by atoms with Crippen molar-refractivity contribution in [1.29, 1.82) is 0 Å². The molecule has 2 aliphatic rings. The molecule has 0 aromatic carbocycles. The molecule has 0 bridgehead atoms. The number of nitrogens with zero attached hydrogens (tertiary/aromatic N) is 2. The highest BCUT2D eigenvalue weighted by Gasteiger charge is 2.42. The molecule has 4 heteroatoms. The van der Waals surface area contributed by atoms with E-state index in [0.29, 0.717) is 5.91 Å². The lowest BCUT2D eigenvalue weighted by Crippen LogP contribution is -2.49. The van der Waals surface area contributed by atoms with Gasteiger partial charge in [-0.15, -0.1) is 0 Å². The summed E-state index contributed by atoms with van der Waals surface area (Å²) in [5.74, 6) is 1.18. The van der Waals surface area contributed by atoms with E-state index < -0.39 is 0 Å². The molecular weight excluding hydrogens is 262 g/mol. The molecule has 0 aliphatic carbocycles. The Morgan fingerprint density at radius 2 is 1.90 bits per heavy atom. The summed E-state index contributed by atoms with van der Waals surface area (Å²) in [5, 5.41) is 3.38. The van der Waals surface area contributed by atoms with E-state index in [2.05, 4.69) is 35.9 Å². The van der Waals surface area contributed by atoms with Gasteiger partial charge in [0.15, 0.2) is 0 Å². The maximum Gasteiger partial charge on any atom is 0.230 e. The van der Waals surface area contributed by atoms with Crippen molar-refractivity contribution in [2.45, 2.75) is 46.5 Å². The van der Waals surface area contributed by atoms with Gasteiger partial charge in [-0.3, -0.25) is 4.79 Å². The number of hydrogen-bond donors (Lipinski definition) is 1. The topological polar surface area (TPSA) is 35.6 Å². The van der Waals surface area contributed by atoms with Gasteiger partial charge in [-0.05, 0) is 51.2 Å². The number of rotatable bonds is 6. The summed E-state index contributed by atoms with van der Waals surface area (Å²) in [4.78, 5) is 17.5. The standard InChI is InChI=1S/C17H33N3O/c1-4-17(9-10-18-14-17)16(21)20-11-7-15(8-12-20)13-19(5-2)6-3/h15,18H,4-14H2,1-3H3. The zero-order valence-corrected chi connectivity index (χ0v) is 14.2. The molecule has 0 spiro atoms. The van der Waals surface area contributed by atoms with Crippen LogP contribution in [0.25, 0.3) is 0 Å². The Labute approximate surface area is 130 Å². The Balaban J connectivity index is 1.84. The summed E-state index contributed by atoms with van der Waals surface area (Å²) in [6, 6.07) is 0. The van der Waals surface area contributed by atoms with Crippen LogP contribution in [0.5, 0.6) is 0 Å². The molecule has 4 nitrogen and oxygen atoms in total. The van der Waals surface area contributed by atoms with Crippen molar-refractivity contribution in [2.24, 2.45) is 11.3 Å². The Morgan fingerprint density at radius 1 is 1.24 bits per heavy atom. The molecule has 2 saturated heterocycles. The average molecular weight is 295 g/mol.